The molecule has 10 rings (SSSR count). The molecule has 1 aliphatic rings. The average molecular weight is 643 g/mol. The topological polar surface area (TPSA) is 54.8 Å². The molecule has 0 spiro atoms. The Labute approximate surface area is 288 Å². The van der Waals surface area contributed by atoms with Gasteiger partial charge in [-0.15, -0.1) is 0 Å². The van der Waals surface area contributed by atoms with Gasteiger partial charge in [0.2, 0.25) is 0 Å². The van der Waals surface area contributed by atoms with Crippen LogP contribution < -0.4 is 5.32 Å². The molecule has 0 fully saturated rings. The summed E-state index contributed by atoms with van der Waals surface area (Å²) in [6.45, 7) is 0. The van der Waals surface area contributed by atoms with E-state index in [-0.39, 0.29) is 6.17 Å². The van der Waals surface area contributed by atoms with E-state index in [9.17, 15) is 0 Å². The third-order valence-electron chi connectivity index (χ3n) is 9.65. The fourth-order valence-corrected chi connectivity index (χ4v) is 7.27. The minimum absolute atomic E-state index is 0.278. The Morgan fingerprint density at radius 1 is 0.520 bits per heavy atom. The van der Waals surface area contributed by atoms with Crippen LogP contribution in [0.3, 0.4) is 0 Å². The van der Waals surface area contributed by atoms with Crippen LogP contribution in [0.25, 0.3) is 60.6 Å². The summed E-state index contributed by atoms with van der Waals surface area (Å²) in [7, 11) is 0. The molecule has 1 atom stereocenters. The monoisotopic (exact) mass is 642 g/mol. The molecule has 3 heterocycles. The zero-order chi connectivity index (χ0) is 33.0. The average Bonchev–Trinajstić information content (AvgIpc) is 3.74. The Kier molecular flexibility index (Phi) is 6.49. The normalized spacial score (nSPS) is 14.6. The molecule has 1 unspecified atom stereocenters. The molecule has 1 N–H and O–H groups in total. The van der Waals surface area contributed by atoms with E-state index in [0.717, 1.165) is 72.1 Å². The van der Waals surface area contributed by atoms with Crippen LogP contribution in [0.2, 0.25) is 0 Å². The van der Waals surface area contributed by atoms with E-state index in [0.29, 0.717) is 5.84 Å². The van der Waals surface area contributed by atoms with Gasteiger partial charge < -0.3 is 14.3 Å². The smallest absolute Gasteiger partial charge is 0.160 e. The van der Waals surface area contributed by atoms with Crippen molar-refractivity contribution in [2.24, 2.45) is 9.98 Å². The van der Waals surface area contributed by atoms with Crippen molar-refractivity contribution in [2.45, 2.75) is 6.17 Å². The first-order valence-corrected chi connectivity index (χ1v) is 16.9. The molecule has 2 aromatic heterocycles. The number of nitrogens with zero attached hydrogens (tertiary/aromatic N) is 3. The quantitative estimate of drug-likeness (QED) is 0.203. The highest BCUT2D eigenvalue weighted by Crippen LogP contribution is 2.41. The summed E-state index contributed by atoms with van der Waals surface area (Å²) in [6.07, 6.45) is -0.278. The van der Waals surface area contributed by atoms with E-state index in [4.69, 9.17) is 14.4 Å². The number of furan rings is 1. The van der Waals surface area contributed by atoms with Gasteiger partial charge >= 0.3 is 0 Å². The van der Waals surface area contributed by atoms with E-state index in [2.05, 4.69) is 131 Å². The van der Waals surface area contributed by atoms with E-state index in [1.807, 2.05) is 48.5 Å². The standard InChI is InChI=1S/C45H30N4O/c1-4-13-29(14-5-1)32-23-24-35-37-25-26-38-36-21-10-11-22-40(36)50-42(38)41(37)49(39(35)28-32)34-20-12-19-33(27-34)45-47-43(30-15-6-2-7-16-30)46-44(48-45)31-17-8-3-9-18-31/h1-28,43H,(H,46,47,48). The fourth-order valence-electron chi connectivity index (χ4n) is 7.27. The van der Waals surface area contributed by atoms with E-state index < -0.39 is 0 Å². The second kappa shape index (κ2) is 11.5. The highest BCUT2D eigenvalue weighted by Gasteiger charge is 2.23. The Hall–Kier alpha value is -6.72. The minimum Gasteiger partial charge on any atom is -0.454 e. The lowest BCUT2D eigenvalue weighted by Crippen LogP contribution is -2.33. The van der Waals surface area contributed by atoms with Crippen molar-refractivity contribution in [1.82, 2.24) is 9.88 Å². The van der Waals surface area contributed by atoms with Gasteiger partial charge in [0, 0.05) is 38.4 Å². The van der Waals surface area contributed by atoms with Gasteiger partial charge in [0.1, 0.15) is 17.6 Å². The molecule has 0 bridgehead atoms. The molecule has 0 radical (unpaired) electrons. The van der Waals surface area contributed by atoms with Crippen molar-refractivity contribution in [1.29, 1.82) is 0 Å². The maximum absolute atomic E-state index is 6.67. The molecule has 236 valence electrons. The van der Waals surface area contributed by atoms with E-state index >= 15 is 0 Å². The number of nitrogens with one attached hydrogen (secondary N) is 1. The van der Waals surface area contributed by atoms with Gasteiger partial charge in [-0.3, -0.25) is 0 Å². The van der Waals surface area contributed by atoms with Crippen LogP contribution in [0.4, 0.5) is 0 Å². The van der Waals surface area contributed by atoms with Crippen molar-refractivity contribution in [3.8, 4) is 16.8 Å². The number of amidine groups is 2. The number of rotatable bonds is 5. The molecule has 0 saturated carbocycles. The molecule has 7 aromatic carbocycles. The van der Waals surface area contributed by atoms with Crippen molar-refractivity contribution < 1.29 is 4.42 Å². The molecule has 0 aliphatic carbocycles. The van der Waals surface area contributed by atoms with Crippen LogP contribution in [0.15, 0.2) is 184 Å². The van der Waals surface area contributed by atoms with Crippen LogP contribution in [0.1, 0.15) is 22.9 Å². The molecular weight excluding hydrogens is 613 g/mol. The Morgan fingerprint density at radius 3 is 2.02 bits per heavy atom. The Bertz CT molecular complexity index is 2780. The molecular formula is C45H30N4O. The van der Waals surface area contributed by atoms with Crippen molar-refractivity contribution in [2.75, 3.05) is 0 Å². The van der Waals surface area contributed by atoms with Crippen LogP contribution in [-0.2, 0) is 0 Å². The number of para-hydroxylation sites is 1. The number of aromatic nitrogens is 1. The third-order valence-corrected chi connectivity index (χ3v) is 9.65. The summed E-state index contributed by atoms with van der Waals surface area (Å²) in [5.41, 5.74) is 10.3. The summed E-state index contributed by atoms with van der Waals surface area (Å²) in [4.78, 5) is 10.3. The molecule has 5 nitrogen and oxygen atoms in total. The maximum Gasteiger partial charge on any atom is 0.160 e. The predicted molar refractivity (Wildman–Crippen MR) is 205 cm³/mol. The van der Waals surface area contributed by atoms with Crippen molar-refractivity contribution >= 4 is 55.4 Å². The van der Waals surface area contributed by atoms with E-state index in [1.54, 1.807) is 0 Å². The lowest BCUT2D eigenvalue weighted by Gasteiger charge is -2.23. The van der Waals surface area contributed by atoms with Gasteiger partial charge in [0.15, 0.2) is 11.4 Å². The second-order valence-corrected chi connectivity index (χ2v) is 12.7. The number of aliphatic imine (C=N–C) groups is 2. The SMILES string of the molecule is c1ccc(C2=NC(c3cccc(-n4c5cc(-c6ccccc6)ccc5c5ccc6c7ccccc7oc6c54)c3)=NC(c3ccccc3)N2)cc1. The maximum atomic E-state index is 6.67. The lowest BCUT2D eigenvalue weighted by atomic mass is 10.0. The van der Waals surface area contributed by atoms with Gasteiger partial charge in [-0.05, 0) is 47.0 Å². The summed E-state index contributed by atoms with van der Waals surface area (Å²) in [6, 6.07) is 59.2. The van der Waals surface area contributed by atoms with E-state index in [1.165, 1.54) is 10.9 Å². The molecule has 5 heteroatoms. The molecule has 50 heavy (non-hydrogen) atoms. The first-order chi connectivity index (χ1) is 24.8. The second-order valence-electron chi connectivity index (χ2n) is 12.7. The predicted octanol–water partition coefficient (Wildman–Crippen LogP) is 10.8. The third kappa shape index (κ3) is 4.63. The first-order valence-electron chi connectivity index (χ1n) is 16.9. The first kappa shape index (κ1) is 28.3. The summed E-state index contributed by atoms with van der Waals surface area (Å²) in [5, 5.41) is 8.09. The van der Waals surface area contributed by atoms with Gasteiger partial charge in [-0.1, -0.05) is 140 Å². The summed E-state index contributed by atoms with van der Waals surface area (Å²) < 4.78 is 9.02. The van der Waals surface area contributed by atoms with Crippen LogP contribution in [0.5, 0.6) is 0 Å². The molecule has 9 aromatic rings. The van der Waals surface area contributed by atoms with Gasteiger partial charge in [-0.25, -0.2) is 9.98 Å². The Morgan fingerprint density at radius 2 is 1.20 bits per heavy atom. The number of hydrogen-bond acceptors (Lipinski definition) is 4. The number of benzene rings is 7. The summed E-state index contributed by atoms with van der Waals surface area (Å²) >= 11 is 0. The fraction of sp³-hybridized carbons (Fsp3) is 0.0222. The van der Waals surface area contributed by atoms with Gasteiger partial charge in [0.25, 0.3) is 0 Å². The van der Waals surface area contributed by atoms with Crippen LogP contribution in [0, 0.1) is 0 Å². The minimum atomic E-state index is -0.278. The molecule has 1 aliphatic heterocycles. The zero-order valence-corrected chi connectivity index (χ0v) is 27.0. The van der Waals surface area contributed by atoms with Gasteiger partial charge in [0.05, 0.1) is 11.0 Å². The summed E-state index contributed by atoms with van der Waals surface area (Å²) in [5.74, 6) is 1.47. The Balaban J connectivity index is 1.22. The largest absolute Gasteiger partial charge is 0.454 e. The molecule has 0 amide bonds. The van der Waals surface area contributed by atoms with Crippen molar-refractivity contribution in [3.63, 3.8) is 0 Å². The van der Waals surface area contributed by atoms with Crippen LogP contribution >= 0.6 is 0 Å². The van der Waals surface area contributed by atoms with Gasteiger partial charge in [-0.2, -0.15) is 0 Å². The number of fused-ring (bicyclic) bond motifs is 7. The number of hydrogen-bond donors (Lipinski definition) is 1. The van der Waals surface area contributed by atoms with Crippen LogP contribution in [-0.4, -0.2) is 16.2 Å². The molecule has 0 saturated heterocycles. The zero-order valence-electron chi connectivity index (χ0n) is 27.0. The highest BCUT2D eigenvalue weighted by molar-refractivity contribution is 6.22. The highest BCUT2D eigenvalue weighted by atomic mass is 16.3. The van der Waals surface area contributed by atoms with Crippen molar-refractivity contribution in [3.05, 3.63) is 187 Å². The lowest BCUT2D eigenvalue weighted by molar-refractivity contribution is 0.671.